The van der Waals surface area contributed by atoms with Crippen LogP contribution in [-0.2, 0) is 15.2 Å². The largest absolute Gasteiger partial charge is 0.466 e. The number of carbonyl (C=O) groups excluding carboxylic acids is 1. The van der Waals surface area contributed by atoms with E-state index < -0.39 is 17.7 Å². The molecule has 0 bridgehead atoms. The van der Waals surface area contributed by atoms with Gasteiger partial charge in [0.25, 0.3) is 0 Å². The van der Waals surface area contributed by atoms with Crippen molar-refractivity contribution < 1.29 is 19.0 Å². The SMILES string of the molecule is COC(=O)[C@]1(F)CC[C@H](O)c2ncc(C)cc21. The van der Waals surface area contributed by atoms with Crippen LogP contribution in [0.5, 0.6) is 0 Å². The van der Waals surface area contributed by atoms with Gasteiger partial charge in [-0.1, -0.05) is 0 Å². The summed E-state index contributed by atoms with van der Waals surface area (Å²) in [5.74, 6) is -0.932. The van der Waals surface area contributed by atoms with Gasteiger partial charge in [0.1, 0.15) is 0 Å². The fourth-order valence-corrected chi connectivity index (χ4v) is 2.14. The van der Waals surface area contributed by atoms with Crippen LogP contribution in [0.25, 0.3) is 0 Å². The summed E-state index contributed by atoms with van der Waals surface area (Å²) in [7, 11) is 1.15. The molecule has 1 aliphatic rings. The molecule has 5 heteroatoms. The third kappa shape index (κ3) is 1.80. The summed E-state index contributed by atoms with van der Waals surface area (Å²) < 4.78 is 19.2. The highest BCUT2D eigenvalue weighted by molar-refractivity contribution is 5.82. The van der Waals surface area contributed by atoms with Crippen molar-refractivity contribution in [1.82, 2.24) is 4.98 Å². The number of aryl methyl sites for hydroxylation is 1. The predicted molar refractivity (Wildman–Crippen MR) is 58.0 cm³/mol. The van der Waals surface area contributed by atoms with Gasteiger partial charge in [-0.25, -0.2) is 9.18 Å². The molecule has 1 aliphatic carbocycles. The number of aliphatic hydroxyl groups excluding tert-OH is 1. The summed E-state index contributed by atoms with van der Waals surface area (Å²) in [6.45, 7) is 1.76. The number of esters is 1. The lowest BCUT2D eigenvalue weighted by Gasteiger charge is -2.31. The molecule has 1 heterocycles. The third-order valence-corrected chi connectivity index (χ3v) is 3.07. The number of ether oxygens (including phenoxy) is 1. The Kier molecular flexibility index (Phi) is 2.87. The second-order valence-electron chi connectivity index (χ2n) is 4.29. The average Bonchev–Trinajstić information content (AvgIpc) is 2.33. The van der Waals surface area contributed by atoms with Crippen LogP contribution in [0.3, 0.4) is 0 Å². The molecule has 92 valence electrons. The molecule has 2 rings (SSSR count). The van der Waals surface area contributed by atoms with Crippen molar-refractivity contribution in [3.8, 4) is 0 Å². The first kappa shape index (κ1) is 12.0. The van der Waals surface area contributed by atoms with E-state index in [1.165, 1.54) is 0 Å². The van der Waals surface area contributed by atoms with E-state index >= 15 is 0 Å². The van der Waals surface area contributed by atoms with Gasteiger partial charge in [0.05, 0.1) is 18.9 Å². The molecule has 0 saturated heterocycles. The molecule has 0 aliphatic heterocycles. The highest BCUT2D eigenvalue weighted by atomic mass is 19.1. The fourth-order valence-electron chi connectivity index (χ4n) is 2.14. The molecule has 1 aromatic rings. The van der Waals surface area contributed by atoms with Gasteiger partial charge in [-0.05, 0) is 31.4 Å². The lowest BCUT2D eigenvalue weighted by Crippen LogP contribution is -2.37. The number of hydrogen-bond donors (Lipinski definition) is 1. The van der Waals surface area contributed by atoms with Crippen molar-refractivity contribution in [1.29, 1.82) is 0 Å². The van der Waals surface area contributed by atoms with Crippen molar-refractivity contribution in [2.24, 2.45) is 0 Å². The standard InChI is InChI=1S/C12H14FNO3/c1-7-5-8-10(14-6-7)9(15)3-4-12(8,13)11(16)17-2/h5-6,9,15H,3-4H2,1-2H3/t9-,12-/m0/s1. The van der Waals surface area contributed by atoms with Gasteiger partial charge in [0.15, 0.2) is 0 Å². The monoisotopic (exact) mass is 239 g/mol. The van der Waals surface area contributed by atoms with Crippen LogP contribution < -0.4 is 0 Å². The quantitative estimate of drug-likeness (QED) is 0.755. The number of aromatic nitrogens is 1. The first-order valence-electron chi connectivity index (χ1n) is 5.41. The molecular weight excluding hydrogens is 225 g/mol. The molecule has 0 radical (unpaired) electrons. The first-order chi connectivity index (χ1) is 7.99. The summed E-state index contributed by atoms with van der Waals surface area (Å²) in [4.78, 5) is 15.6. The van der Waals surface area contributed by atoms with Crippen LogP contribution >= 0.6 is 0 Å². The maximum Gasteiger partial charge on any atom is 0.348 e. The molecule has 0 fully saturated rings. The zero-order valence-electron chi connectivity index (χ0n) is 9.74. The summed E-state index contributed by atoms with van der Waals surface area (Å²) in [6, 6.07) is 1.54. The number of nitrogens with zero attached hydrogens (tertiary/aromatic N) is 1. The Labute approximate surface area is 98.4 Å². The number of fused-ring (bicyclic) bond motifs is 1. The van der Waals surface area contributed by atoms with E-state index in [0.29, 0.717) is 0 Å². The van der Waals surface area contributed by atoms with Crippen LogP contribution in [-0.4, -0.2) is 23.2 Å². The molecule has 0 aromatic carbocycles. The van der Waals surface area contributed by atoms with Crippen LogP contribution in [0.1, 0.15) is 35.8 Å². The minimum absolute atomic E-state index is 0.0844. The van der Waals surface area contributed by atoms with Crippen LogP contribution in [0.15, 0.2) is 12.3 Å². The van der Waals surface area contributed by atoms with Crippen molar-refractivity contribution in [3.05, 3.63) is 29.1 Å². The Morgan fingerprint density at radius 3 is 3.06 bits per heavy atom. The Balaban J connectivity index is 2.58. The number of halogens is 1. The molecule has 0 unspecified atom stereocenters. The minimum atomic E-state index is -2.19. The van der Waals surface area contributed by atoms with Gasteiger partial charge in [0, 0.05) is 11.8 Å². The smallest absolute Gasteiger partial charge is 0.348 e. The highest BCUT2D eigenvalue weighted by Gasteiger charge is 2.48. The van der Waals surface area contributed by atoms with Gasteiger partial charge < -0.3 is 9.84 Å². The van der Waals surface area contributed by atoms with E-state index in [4.69, 9.17) is 0 Å². The average molecular weight is 239 g/mol. The number of pyridine rings is 1. The second kappa shape index (κ2) is 4.07. The molecule has 0 saturated carbocycles. The van der Waals surface area contributed by atoms with Crippen LogP contribution in [0.2, 0.25) is 0 Å². The molecular formula is C12H14FNO3. The van der Waals surface area contributed by atoms with Crippen LogP contribution in [0, 0.1) is 6.92 Å². The van der Waals surface area contributed by atoms with Crippen molar-refractivity contribution in [3.63, 3.8) is 0 Å². The van der Waals surface area contributed by atoms with E-state index in [-0.39, 0.29) is 24.1 Å². The molecule has 1 aromatic heterocycles. The zero-order chi connectivity index (χ0) is 12.6. The minimum Gasteiger partial charge on any atom is -0.466 e. The number of hydrogen-bond acceptors (Lipinski definition) is 4. The number of aliphatic hydroxyl groups is 1. The third-order valence-electron chi connectivity index (χ3n) is 3.07. The second-order valence-corrected chi connectivity index (χ2v) is 4.29. The highest BCUT2D eigenvalue weighted by Crippen LogP contribution is 2.43. The Hall–Kier alpha value is -1.49. The van der Waals surface area contributed by atoms with E-state index in [1.54, 1.807) is 19.2 Å². The van der Waals surface area contributed by atoms with Crippen molar-refractivity contribution >= 4 is 5.97 Å². The number of alkyl halides is 1. The Morgan fingerprint density at radius 1 is 1.71 bits per heavy atom. The summed E-state index contributed by atoms with van der Waals surface area (Å²) in [6.07, 6.45) is 0.803. The molecule has 0 spiro atoms. The number of rotatable bonds is 1. The van der Waals surface area contributed by atoms with Gasteiger partial charge in [-0.2, -0.15) is 0 Å². The molecule has 2 atom stereocenters. The maximum absolute atomic E-state index is 14.7. The summed E-state index contributed by atoms with van der Waals surface area (Å²) in [5, 5.41) is 9.76. The Morgan fingerprint density at radius 2 is 2.41 bits per heavy atom. The number of carbonyl (C=O) groups is 1. The lowest BCUT2D eigenvalue weighted by atomic mass is 9.81. The predicted octanol–water partition coefficient (Wildman–Crippen LogP) is 1.56. The van der Waals surface area contributed by atoms with Gasteiger partial charge in [-0.15, -0.1) is 0 Å². The number of methoxy groups -OCH3 is 1. The topological polar surface area (TPSA) is 59.4 Å². The van der Waals surface area contributed by atoms with E-state index in [9.17, 15) is 14.3 Å². The lowest BCUT2D eigenvalue weighted by molar-refractivity contribution is -0.157. The van der Waals surface area contributed by atoms with Gasteiger partial charge in [-0.3, -0.25) is 4.98 Å². The normalized spacial score (nSPS) is 27.4. The molecule has 4 nitrogen and oxygen atoms in total. The van der Waals surface area contributed by atoms with Crippen LogP contribution in [0.4, 0.5) is 4.39 Å². The van der Waals surface area contributed by atoms with Crippen molar-refractivity contribution in [2.75, 3.05) is 7.11 Å². The van der Waals surface area contributed by atoms with E-state index in [1.807, 2.05) is 0 Å². The fraction of sp³-hybridized carbons (Fsp3) is 0.500. The van der Waals surface area contributed by atoms with Crippen molar-refractivity contribution in [2.45, 2.75) is 31.5 Å². The van der Waals surface area contributed by atoms with Gasteiger partial charge >= 0.3 is 5.97 Å². The summed E-state index contributed by atoms with van der Waals surface area (Å²) in [5.41, 5.74) is -1.09. The molecule has 1 N–H and O–H groups in total. The molecule has 0 amide bonds. The Bertz CT molecular complexity index is 463. The van der Waals surface area contributed by atoms with Gasteiger partial charge in [0.2, 0.25) is 5.67 Å². The maximum atomic E-state index is 14.7. The first-order valence-corrected chi connectivity index (χ1v) is 5.41. The van der Waals surface area contributed by atoms with E-state index in [2.05, 4.69) is 9.72 Å². The zero-order valence-corrected chi connectivity index (χ0v) is 9.74. The molecule has 17 heavy (non-hydrogen) atoms. The summed E-state index contributed by atoms with van der Waals surface area (Å²) >= 11 is 0. The van der Waals surface area contributed by atoms with E-state index in [0.717, 1.165) is 12.7 Å².